The molecule has 0 unspecified atom stereocenters. The number of nitrogens with two attached hydrogens (primary N) is 1. The van der Waals surface area contributed by atoms with Crippen LogP contribution in [0.15, 0.2) is 24.3 Å². The summed E-state index contributed by atoms with van der Waals surface area (Å²) in [6.07, 6.45) is 0. The van der Waals surface area contributed by atoms with Crippen LogP contribution in [0.25, 0.3) is 11.0 Å². The number of benzene rings is 1. The largest absolute Gasteiger partial charge is 0.381 e. The Morgan fingerprint density at radius 3 is 2.50 bits per heavy atom. The van der Waals surface area contributed by atoms with Crippen LogP contribution >= 0.6 is 0 Å². The van der Waals surface area contributed by atoms with Crippen LogP contribution in [0.1, 0.15) is 6.92 Å². The number of hydrogen-bond acceptors (Lipinski definition) is 6. The molecule has 1 aromatic carbocycles. The SMILES string of the molecule is CCNS(=O)(=O)CCNc1nc2ccccc2nc1N. The second kappa shape index (κ2) is 6.02. The van der Waals surface area contributed by atoms with Crippen molar-refractivity contribution in [2.75, 3.05) is 29.9 Å². The number of nitrogens with zero attached hydrogens (tertiary/aromatic N) is 2. The predicted octanol–water partition coefficient (Wildman–Crippen LogP) is 0.563. The van der Waals surface area contributed by atoms with E-state index in [-0.39, 0.29) is 18.1 Å². The smallest absolute Gasteiger partial charge is 0.213 e. The first-order valence-electron chi connectivity index (χ1n) is 6.25. The minimum atomic E-state index is -3.26. The summed E-state index contributed by atoms with van der Waals surface area (Å²) in [5.41, 5.74) is 7.21. The van der Waals surface area contributed by atoms with Crippen molar-refractivity contribution in [2.24, 2.45) is 0 Å². The van der Waals surface area contributed by atoms with Gasteiger partial charge in [-0.15, -0.1) is 0 Å². The van der Waals surface area contributed by atoms with Gasteiger partial charge in [0, 0.05) is 13.1 Å². The van der Waals surface area contributed by atoms with E-state index in [0.29, 0.717) is 23.4 Å². The monoisotopic (exact) mass is 295 g/mol. The van der Waals surface area contributed by atoms with E-state index < -0.39 is 10.0 Å². The van der Waals surface area contributed by atoms with Crippen LogP contribution in [0.4, 0.5) is 11.6 Å². The molecule has 0 bridgehead atoms. The number of nitrogen functional groups attached to an aromatic ring is 1. The van der Waals surface area contributed by atoms with Crippen molar-refractivity contribution in [3.8, 4) is 0 Å². The molecule has 8 heteroatoms. The average molecular weight is 295 g/mol. The fourth-order valence-electron chi connectivity index (χ4n) is 1.74. The maximum Gasteiger partial charge on any atom is 0.213 e. The molecule has 0 aliphatic rings. The number of hydrogen-bond donors (Lipinski definition) is 3. The maximum absolute atomic E-state index is 11.5. The molecule has 0 spiro atoms. The Balaban J connectivity index is 2.08. The lowest BCUT2D eigenvalue weighted by Gasteiger charge is -2.09. The van der Waals surface area contributed by atoms with E-state index in [1.807, 2.05) is 24.3 Å². The Morgan fingerprint density at radius 2 is 1.85 bits per heavy atom. The van der Waals surface area contributed by atoms with E-state index in [1.54, 1.807) is 6.92 Å². The Bertz CT molecular complexity index is 702. The third-order valence-electron chi connectivity index (χ3n) is 2.62. The molecule has 0 fully saturated rings. The van der Waals surface area contributed by atoms with Gasteiger partial charge in [-0.3, -0.25) is 0 Å². The number of rotatable bonds is 6. The quantitative estimate of drug-likeness (QED) is 0.718. The van der Waals surface area contributed by atoms with Crippen molar-refractivity contribution in [1.29, 1.82) is 0 Å². The van der Waals surface area contributed by atoms with Crippen molar-refractivity contribution < 1.29 is 8.42 Å². The standard InChI is InChI=1S/C12H17N5O2S/c1-2-15-20(18,19)8-7-14-12-11(13)16-9-5-3-4-6-10(9)17-12/h3-6,15H,2,7-8H2,1H3,(H2,13,16)(H,14,17). The molecule has 0 amide bonds. The Morgan fingerprint density at radius 1 is 1.20 bits per heavy atom. The summed E-state index contributed by atoms with van der Waals surface area (Å²) in [6.45, 7) is 2.32. The Labute approximate surface area is 117 Å². The summed E-state index contributed by atoms with van der Waals surface area (Å²) in [7, 11) is -3.26. The third-order valence-corrected chi connectivity index (χ3v) is 4.10. The highest BCUT2D eigenvalue weighted by molar-refractivity contribution is 7.89. The second-order valence-electron chi connectivity index (χ2n) is 4.19. The van der Waals surface area contributed by atoms with Gasteiger partial charge in [0.05, 0.1) is 16.8 Å². The number of nitrogens with one attached hydrogen (secondary N) is 2. The first-order chi connectivity index (χ1) is 9.52. The van der Waals surface area contributed by atoms with Gasteiger partial charge in [0.2, 0.25) is 10.0 Å². The normalized spacial score (nSPS) is 11.7. The number of anilines is 2. The van der Waals surface area contributed by atoms with Gasteiger partial charge in [-0.05, 0) is 12.1 Å². The van der Waals surface area contributed by atoms with Gasteiger partial charge in [0.1, 0.15) is 0 Å². The lowest BCUT2D eigenvalue weighted by molar-refractivity contribution is 0.584. The molecule has 0 saturated carbocycles. The second-order valence-corrected chi connectivity index (χ2v) is 6.12. The van der Waals surface area contributed by atoms with Gasteiger partial charge < -0.3 is 11.1 Å². The zero-order chi connectivity index (χ0) is 14.6. The molecule has 0 saturated heterocycles. The van der Waals surface area contributed by atoms with Crippen molar-refractivity contribution in [1.82, 2.24) is 14.7 Å². The van der Waals surface area contributed by atoms with Crippen LogP contribution < -0.4 is 15.8 Å². The predicted molar refractivity (Wildman–Crippen MR) is 79.9 cm³/mol. The van der Waals surface area contributed by atoms with E-state index in [2.05, 4.69) is 20.0 Å². The summed E-state index contributed by atoms with van der Waals surface area (Å²) >= 11 is 0. The zero-order valence-electron chi connectivity index (χ0n) is 11.1. The van der Waals surface area contributed by atoms with Gasteiger partial charge in [-0.2, -0.15) is 0 Å². The van der Waals surface area contributed by atoms with Crippen LogP contribution in [-0.4, -0.2) is 37.2 Å². The molecule has 1 aromatic heterocycles. The van der Waals surface area contributed by atoms with Gasteiger partial charge in [-0.1, -0.05) is 19.1 Å². The van der Waals surface area contributed by atoms with E-state index in [4.69, 9.17) is 5.73 Å². The average Bonchev–Trinajstić information content (AvgIpc) is 2.39. The molecule has 1 heterocycles. The Kier molecular flexibility index (Phi) is 4.35. The van der Waals surface area contributed by atoms with Crippen LogP contribution in [0, 0.1) is 0 Å². The van der Waals surface area contributed by atoms with Crippen molar-refractivity contribution in [3.05, 3.63) is 24.3 Å². The van der Waals surface area contributed by atoms with Gasteiger partial charge in [-0.25, -0.2) is 23.1 Å². The first-order valence-corrected chi connectivity index (χ1v) is 7.90. The highest BCUT2D eigenvalue weighted by Crippen LogP contribution is 2.17. The van der Waals surface area contributed by atoms with Gasteiger partial charge in [0.25, 0.3) is 0 Å². The fraction of sp³-hybridized carbons (Fsp3) is 0.333. The number of fused-ring (bicyclic) bond motifs is 1. The topological polar surface area (TPSA) is 110 Å². The van der Waals surface area contributed by atoms with E-state index in [0.717, 1.165) is 0 Å². The lowest BCUT2D eigenvalue weighted by atomic mass is 10.3. The molecular formula is C12H17N5O2S. The highest BCUT2D eigenvalue weighted by Gasteiger charge is 2.10. The summed E-state index contributed by atoms with van der Waals surface area (Å²) in [5.74, 6) is 0.606. The summed E-state index contributed by atoms with van der Waals surface area (Å²) in [6, 6.07) is 7.35. The van der Waals surface area contributed by atoms with E-state index >= 15 is 0 Å². The van der Waals surface area contributed by atoms with Crippen LogP contribution in [0.3, 0.4) is 0 Å². The minimum Gasteiger partial charge on any atom is -0.381 e. The summed E-state index contributed by atoms with van der Waals surface area (Å²) in [5, 5.41) is 2.90. The summed E-state index contributed by atoms with van der Waals surface area (Å²) < 4.78 is 25.4. The summed E-state index contributed by atoms with van der Waals surface area (Å²) in [4.78, 5) is 8.54. The zero-order valence-corrected chi connectivity index (χ0v) is 11.9. The molecule has 0 radical (unpaired) electrons. The molecule has 0 atom stereocenters. The van der Waals surface area contributed by atoms with E-state index in [9.17, 15) is 8.42 Å². The van der Waals surface area contributed by atoms with E-state index in [1.165, 1.54) is 0 Å². The number of sulfonamides is 1. The lowest BCUT2D eigenvalue weighted by Crippen LogP contribution is -2.29. The molecule has 0 aliphatic carbocycles. The molecular weight excluding hydrogens is 278 g/mol. The number of para-hydroxylation sites is 2. The minimum absolute atomic E-state index is 0.0468. The molecule has 108 valence electrons. The van der Waals surface area contributed by atoms with Crippen molar-refractivity contribution in [2.45, 2.75) is 6.92 Å². The fourth-order valence-corrected chi connectivity index (χ4v) is 2.69. The number of aromatic nitrogens is 2. The van der Waals surface area contributed by atoms with Gasteiger partial charge in [0.15, 0.2) is 11.6 Å². The molecule has 7 nitrogen and oxygen atoms in total. The highest BCUT2D eigenvalue weighted by atomic mass is 32.2. The third kappa shape index (κ3) is 3.55. The van der Waals surface area contributed by atoms with Gasteiger partial charge >= 0.3 is 0 Å². The molecule has 2 rings (SSSR count). The molecule has 20 heavy (non-hydrogen) atoms. The van der Waals surface area contributed by atoms with Crippen molar-refractivity contribution >= 4 is 32.7 Å². The Hall–Kier alpha value is -1.93. The maximum atomic E-state index is 11.5. The van der Waals surface area contributed by atoms with Crippen LogP contribution in [0.2, 0.25) is 0 Å². The van der Waals surface area contributed by atoms with Crippen molar-refractivity contribution in [3.63, 3.8) is 0 Å². The molecule has 0 aliphatic heterocycles. The molecule has 4 N–H and O–H groups in total. The first kappa shape index (κ1) is 14.5. The van der Waals surface area contributed by atoms with Crippen LogP contribution in [0.5, 0.6) is 0 Å². The van der Waals surface area contributed by atoms with Crippen LogP contribution in [-0.2, 0) is 10.0 Å². The molecule has 2 aromatic rings.